The minimum Gasteiger partial charge on any atom is -0.393 e. The van der Waals surface area contributed by atoms with Crippen LogP contribution in [0.4, 0.5) is 0 Å². The molecule has 4 rings (SSSR count). The highest BCUT2D eigenvalue weighted by Gasteiger charge is 2.60. The maximum Gasteiger partial charge on any atom is 0.0653 e. The number of aliphatic hydroxyl groups excluding tert-OH is 1. The van der Waals surface area contributed by atoms with Gasteiger partial charge in [-0.1, -0.05) is 13.8 Å². The Morgan fingerprint density at radius 3 is 2.30 bits per heavy atom. The summed E-state index contributed by atoms with van der Waals surface area (Å²) in [6.45, 7) is 7.32. The highest BCUT2D eigenvalue weighted by atomic mass is 16.5. The number of hydrogen-bond donors (Lipinski definition) is 1. The van der Waals surface area contributed by atoms with E-state index < -0.39 is 0 Å². The second-order valence-corrected chi connectivity index (χ2v) is 10.2. The van der Waals surface area contributed by atoms with Gasteiger partial charge in [0.2, 0.25) is 0 Å². The van der Waals surface area contributed by atoms with Gasteiger partial charge in [0, 0.05) is 7.11 Å². The Bertz CT molecular complexity index is 476. The number of aliphatic hydroxyl groups is 1. The molecule has 0 aromatic heterocycles. The maximum atomic E-state index is 10.6. The van der Waals surface area contributed by atoms with Crippen molar-refractivity contribution in [3.63, 3.8) is 0 Å². The fourth-order valence-corrected chi connectivity index (χ4v) is 7.57. The largest absolute Gasteiger partial charge is 0.393 e. The summed E-state index contributed by atoms with van der Waals surface area (Å²) in [5.41, 5.74) is 0.861. The van der Waals surface area contributed by atoms with Gasteiger partial charge in [0.25, 0.3) is 0 Å². The Morgan fingerprint density at radius 2 is 1.57 bits per heavy atom. The van der Waals surface area contributed by atoms with Gasteiger partial charge in [-0.3, -0.25) is 0 Å². The molecule has 0 aromatic rings. The van der Waals surface area contributed by atoms with Crippen molar-refractivity contribution in [2.75, 3.05) is 7.11 Å². The monoisotopic (exact) mass is 320 g/mol. The van der Waals surface area contributed by atoms with E-state index in [1.54, 1.807) is 0 Å². The van der Waals surface area contributed by atoms with E-state index in [1.807, 2.05) is 7.11 Å². The molecule has 4 saturated carbocycles. The van der Waals surface area contributed by atoms with Gasteiger partial charge in [0.15, 0.2) is 0 Å². The summed E-state index contributed by atoms with van der Waals surface area (Å²) in [6, 6.07) is 0. The molecule has 2 heteroatoms. The fraction of sp³-hybridized carbons (Fsp3) is 1.00. The van der Waals surface area contributed by atoms with Crippen LogP contribution in [-0.2, 0) is 4.74 Å². The van der Waals surface area contributed by atoms with Crippen molar-refractivity contribution < 1.29 is 9.84 Å². The van der Waals surface area contributed by atoms with Crippen LogP contribution in [0.5, 0.6) is 0 Å². The molecule has 8 atom stereocenters. The topological polar surface area (TPSA) is 29.5 Å². The first kappa shape index (κ1) is 16.4. The van der Waals surface area contributed by atoms with Crippen LogP contribution in [0, 0.1) is 34.5 Å². The van der Waals surface area contributed by atoms with E-state index in [0.29, 0.717) is 5.41 Å². The molecule has 23 heavy (non-hydrogen) atoms. The van der Waals surface area contributed by atoms with Crippen molar-refractivity contribution >= 4 is 0 Å². The van der Waals surface area contributed by atoms with Gasteiger partial charge >= 0.3 is 0 Å². The second-order valence-electron chi connectivity index (χ2n) is 10.2. The van der Waals surface area contributed by atoms with Gasteiger partial charge in [0.05, 0.1) is 11.7 Å². The lowest BCUT2D eigenvalue weighted by Crippen LogP contribution is -2.56. The quantitative estimate of drug-likeness (QED) is 0.752. The fourth-order valence-electron chi connectivity index (χ4n) is 7.57. The van der Waals surface area contributed by atoms with E-state index in [1.165, 1.54) is 51.4 Å². The first-order chi connectivity index (χ1) is 10.8. The Kier molecular flexibility index (Phi) is 3.71. The number of fused-ring (bicyclic) bond motifs is 5. The van der Waals surface area contributed by atoms with Crippen molar-refractivity contribution in [2.45, 2.75) is 90.3 Å². The van der Waals surface area contributed by atoms with Gasteiger partial charge in [-0.05, 0) is 99.2 Å². The van der Waals surface area contributed by atoms with Crippen LogP contribution in [0.1, 0.15) is 78.6 Å². The molecular formula is C21H36O2. The van der Waals surface area contributed by atoms with Crippen molar-refractivity contribution in [3.8, 4) is 0 Å². The lowest BCUT2D eigenvalue weighted by atomic mass is 9.44. The molecule has 0 amide bonds. The Balaban J connectivity index is 1.60. The van der Waals surface area contributed by atoms with Crippen molar-refractivity contribution in [1.29, 1.82) is 0 Å². The molecule has 0 aliphatic heterocycles. The normalized spacial score (nSPS) is 59.1. The summed E-state index contributed by atoms with van der Waals surface area (Å²) in [7, 11) is 1.90. The Morgan fingerprint density at radius 1 is 0.826 bits per heavy atom. The molecule has 4 fully saturated rings. The molecule has 0 unspecified atom stereocenters. The zero-order valence-electron chi connectivity index (χ0n) is 15.6. The van der Waals surface area contributed by atoms with E-state index in [4.69, 9.17) is 4.74 Å². The molecule has 0 heterocycles. The van der Waals surface area contributed by atoms with Crippen LogP contribution in [-0.4, -0.2) is 23.9 Å². The van der Waals surface area contributed by atoms with Crippen LogP contribution in [0.2, 0.25) is 0 Å². The number of ether oxygens (including phenoxy) is 1. The van der Waals surface area contributed by atoms with Crippen molar-refractivity contribution in [3.05, 3.63) is 0 Å². The SMILES string of the molecule is CO[C@@]1(C)CC[C@@]2(C)[C@@H](CC[C@@H]3[C@@H]2CC[C@]2(C)[C@@H](O)CC[C@@H]32)C1. The van der Waals surface area contributed by atoms with E-state index in [9.17, 15) is 5.11 Å². The molecule has 1 N–H and O–H groups in total. The van der Waals surface area contributed by atoms with Crippen molar-refractivity contribution in [1.82, 2.24) is 0 Å². The van der Waals surface area contributed by atoms with Gasteiger partial charge in [-0.25, -0.2) is 0 Å². The molecule has 4 aliphatic rings. The molecule has 132 valence electrons. The Hall–Kier alpha value is -0.0800. The standard InChI is InChI=1S/C21H36O2/c1-19(23-4)11-12-20(2)14(13-19)5-6-15-16-7-8-18(22)21(16,3)10-9-17(15)20/h14-18,22H,5-13H2,1-4H3/t14-,15-,16-,17-,18-,19-,20-,21-/m0/s1. The van der Waals surface area contributed by atoms with Gasteiger partial charge in [-0.15, -0.1) is 0 Å². The van der Waals surface area contributed by atoms with Crippen molar-refractivity contribution in [2.24, 2.45) is 34.5 Å². The molecule has 0 bridgehead atoms. The first-order valence-electron chi connectivity index (χ1n) is 10.1. The smallest absolute Gasteiger partial charge is 0.0653 e. The lowest BCUT2D eigenvalue weighted by Gasteiger charge is -2.62. The zero-order valence-corrected chi connectivity index (χ0v) is 15.6. The molecule has 2 nitrogen and oxygen atoms in total. The van der Waals surface area contributed by atoms with E-state index in [2.05, 4.69) is 20.8 Å². The van der Waals surface area contributed by atoms with Gasteiger partial charge in [0.1, 0.15) is 0 Å². The van der Waals surface area contributed by atoms with Crippen LogP contribution in [0.25, 0.3) is 0 Å². The summed E-state index contributed by atoms with van der Waals surface area (Å²) in [6.07, 6.45) is 11.5. The predicted molar refractivity (Wildman–Crippen MR) is 93.1 cm³/mol. The predicted octanol–water partition coefficient (Wildman–Crippen LogP) is 4.80. The summed E-state index contributed by atoms with van der Waals surface area (Å²) in [5.74, 6) is 3.40. The Labute approximate surface area is 142 Å². The van der Waals surface area contributed by atoms with Crippen LogP contribution >= 0.6 is 0 Å². The minimum atomic E-state index is -0.0397. The summed E-state index contributed by atoms with van der Waals surface area (Å²) < 4.78 is 5.88. The number of methoxy groups -OCH3 is 1. The number of hydrogen-bond acceptors (Lipinski definition) is 2. The van der Waals surface area contributed by atoms with E-state index in [0.717, 1.165) is 30.1 Å². The molecule has 0 aromatic carbocycles. The third-order valence-corrected chi connectivity index (χ3v) is 9.38. The van der Waals surface area contributed by atoms with E-state index >= 15 is 0 Å². The maximum absolute atomic E-state index is 10.6. The zero-order chi connectivity index (χ0) is 16.5. The third-order valence-electron chi connectivity index (χ3n) is 9.38. The second kappa shape index (κ2) is 5.21. The minimum absolute atomic E-state index is 0.0397. The van der Waals surface area contributed by atoms with Crippen LogP contribution in [0.15, 0.2) is 0 Å². The first-order valence-corrected chi connectivity index (χ1v) is 10.1. The molecule has 4 aliphatic carbocycles. The molecule has 0 radical (unpaired) electrons. The van der Waals surface area contributed by atoms with Crippen LogP contribution in [0.3, 0.4) is 0 Å². The van der Waals surface area contributed by atoms with E-state index in [-0.39, 0.29) is 17.1 Å². The molecular weight excluding hydrogens is 284 g/mol. The van der Waals surface area contributed by atoms with Gasteiger partial charge in [-0.2, -0.15) is 0 Å². The van der Waals surface area contributed by atoms with Crippen LogP contribution < -0.4 is 0 Å². The highest BCUT2D eigenvalue weighted by molar-refractivity contribution is 5.10. The lowest BCUT2D eigenvalue weighted by molar-refractivity contribution is -0.157. The molecule has 0 spiro atoms. The number of rotatable bonds is 1. The van der Waals surface area contributed by atoms with Gasteiger partial charge < -0.3 is 9.84 Å². The summed E-state index contributed by atoms with van der Waals surface area (Å²) in [4.78, 5) is 0. The highest BCUT2D eigenvalue weighted by Crippen LogP contribution is 2.66. The molecule has 0 saturated heterocycles. The average molecular weight is 321 g/mol. The third kappa shape index (κ3) is 2.20. The average Bonchev–Trinajstić information content (AvgIpc) is 2.84. The summed E-state index contributed by atoms with van der Waals surface area (Å²) >= 11 is 0. The summed E-state index contributed by atoms with van der Waals surface area (Å²) in [5, 5.41) is 10.6.